The lowest BCUT2D eigenvalue weighted by atomic mass is 10.1. The minimum atomic E-state index is -0.0269. The van der Waals surface area contributed by atoms with Gasteiger partial charge in [0.2, 0.25) is 0 Å². The van der Waals surface area contributed by atoms with E-state index >= 15 is 0 Å². The molecule has 1 saturated heterocycles. The summed E-state index contributed by atoms with van der Waals surface area (Å²) >= 11 is 1.69. The molecule has 0 spiro atoms. The number of hydrogen-bond donors (Lipinski definition) is 2. The van der Waals surface area contributed by atoms with E-state index in [9.17, 15) is 4.79 Å². The van der Waals surface area contributed by atoms with Crippen LogP contribution in [0.15, 0.2) is 0 Å². The Bertz CT molecular complexity index is 428. The minimum absolute atomic E-state index is 0.0269. The number of aromatic nitrogens is 1. The van der Waals surface area contributed by atoms with E-state index in [1.165, 1.54) is 4.88 Å². The fourth-order valence-electron chi connectivity index (χ4n) is 2.20. The third-order valence-corrected chi connectivity index (χ3v) is 4.65. The third-order valence-electron chi connectivity index (χ3n) is 3.52. The lowest BCUT2D eigenvalue weighted by molar-refractivity contribution is 0.198. The van der Waals surface area contributed by atoms with Crippen LogP contribution < -0.4 is 5.32 Å². The number of amides is 2. The summed E-state index contributed by atoms with van der Waals surface area (Å²) < 4.78 is 0. The SMILES string of the molecule is Cc1nc(CCNC(=O)N2CCC(CO)C2)sc1C. The van der Waals surface area contributed by atoms with Crippen molar-refractivity contribution in [3.63, 3.8) is 0 Å². The predicted octanol–water partition coefficient (Wildman–Crippen LogP) is 1.33. The molecule has 2 rings (SSSR count). The molecule has 0 saturated carbocycles. The minimum Gasteiger partial charge on any atom is -0.396 e. The van der Waals surface area contributed by atoms with Gasteiger partial charge in [0.05, 0.1) is 10.7 Å². The Morgan fingerprint density at radius 2 is 2.37 bits per heavy atom. The van der Waals surface area contributed by atoms with E-state index in [2.05, 4.69) is 17.2 Å². The highest BCUT2D eigenvalue weighted by molar-refractivity contribution is 7.11. The normalized spacial score (nSPS) is 18.9. The molecule has 1 aromatic rings. The first-order valence-corrected chi connectivity index (χ1v) is 7.48. The van der Waals surface area contributed by atoms with Crippen molar-refractivity contribution in [1.82, 2.24) is 15.2 Å². The van der Waals surface area contributed by atoms with Crippen molar-refractivity contribution in [2.24, 2.45) is 5.92 Å². The molecule has 0 bridgehead atoms. The smallest absolute Gasteiger partial charge is 0.317 e. The second-order valence-electron chi connectivity index (χ2n) is 5.01. The molecule has 0 radical (unpaired) electrons. The van der Waals surface area contributed by atoms with Crippen molar-refractivity contribution in [2.75, 3.05) is 26.2 Å². The number of thiazole rings is 1. The molecule has 5 nitrogen and oxygen atoms in total. The number of nitrogens with one attached hydrogen (secondary N) is 1. The Morgan fingerprint density at radius 1 is 1.58 bits per heavy atom. The van der Waals surface area contributed by atoms with Crippen LogP contribution in [-0.2, 0) is 6.42 Å². The molecule has 1 unspecified atom stereocenters. The number of aryl methyl sites for hydroxylation is 2. The summed E-state index contributed by atoms with van der Waals surface area (Å²) in [4.78, 5) is 19.4. The van der Waals surface area contributed by atoms with Crippen LogP contribution in [0, 0.1) is 19.8 Å². The zero-order valence-electron chi connectivity index (χ0n) is 11.5. The lowest BCUT2D eigenvalue weighted by Gasteiger charge is -2.16. The highest BCUT2D eigenvalue weighted by Gasteiger charge is 2.25. The largest absolute Gasteiger partial charge is 0.396 e. The Hall–Kier alpha value is -1.14. The quantitative estimate of drug-likeness (QED) is 0.876. The Morgan fingerprint density at radius 3 is 2.95 bits per heavy atom. The first-order chi connectivity index (χ1) is 9.10. The lowest BCUT2D eigenvalue weighted by Crippen LogP contribution is -2.39. The molecule has 0 aromatic carbocycles. The maximum Gasteiger partial charge on any atom is 0.317 e. The number of hydrogen-bond acceptors (Lipinski definition) is 4. The molecule has 1 aromatic heterocycles. The van der Waals surface area contributed by atoms with Crippen molar-refractivity contribution >= 4 is 17.4 Å². The highest BCUT2D eigenvalue weighted by Crippen LogP contribution is 2.17. The summed E-state index contributed by atoms with van der Waals surface area (Å²) in [7, 11) is 0. The zero-order chi connectivity index (χ0) is 13.8. The molecule has 6 heteroatoms. The van der Waals surface area contributed by atoms with Gasteiger partial charge in [-0.3, -0.25) is 0 Å². The van der Waals surface area contributed by atoms with Crippen molar-refractivity contribution in [3.05, 3.63) is 15.6 Å². The average molecular weight is 283 g/mol. The molecule has 106 valence electrons. The van der Waals surface area contributed by atoms with E-state index in [0.29, 0.717) is 13.1 Å². The van der Waals surface area contributed by atoms with Crippen molar-refractivity contribution in [3.8, 4) is 0 Å². The molecule has 2 amide bonds. The van der Waals surface area contributed by atoms with Crippen molar-refractivity contribution in [2.45, 2.75) is 26.7 Å². The number of nitrogens with zero attached hydrogens (tertiary/aromatic N) is 2. The molecule has 2 heterocycles. The van der Waals surface area contributed by atoms with Gasteiger partial charge in [-0.15, -0.1) is 11.3 Å². The van der Waals surface area contributed by atoms with Crippen LogP contribution in [0.5, 0.6) is 0 Å². The highest BCUT2D eigenvalue weighted by atomic mass is 32.1. The summed E-state index contributed by atoms with van der Waals surface area (Å²) in [5.41, 5.74) is 1.08. The molecular formula is C13H21N3O2S. The second-order valence-corrected chi connectivity index (χ2v) is 6.30. The number of aliphatic hydroxyl groups is 1. The van der Waals surface area contributed by atoms with Gasteiger partial charge in [-0.1, -0.05) is 0 Å². The summed E-state index contributed by atoms with van der Waals surface area (Å²) in [5.74, 6) is 0.245. The van der Waals surface area contributed by atoms with Gasteiger partial charge in [0.15, 0.2) is 0 Å². The van der Waals surface area contributed by atoms with Crippen LogP contribution in [0.2, 0.25) is 0 Å². The van der Waals surface area contributed by atoms with Crippen LogP contribution >= 0.6 is 11.3 Å². The van der Waals surface area contributed by atoms with E-state index in [0.717, 1.165) is 30.1 Å². The zero-order valence-corrected chi connectivity index (χ0v) is 12.3. The van der Waals surface area contributed by atoms with Gasteiger partial charge in [0.25, 0.3) is 0 Å². The maximum absolute atomic E-state index is 11.9. The van der Waals surface area contributed by atoms with E-state index in [-0.39, 0.29) is 18.6 Å². The van der Waals surface area contributed by atoms with Crippen LogP contribution in [0.25, 0.3) is 0 Å². The predicted molar refractivity (Wildman–Crippen MR) is 75.5 cm³/mol. The molecule has 19 heavy (non-hydrogen) atoms. The van der Waals surface area contributed by atoms with Crippen LogP contribution in [0.3, 0.4) is 0 Å². The average Bonchev–Trinajstić information content (AvgIpc) is 2.97. The molecular weight excluding hydrogens is 262 g/mol. The summed E-state index contributed by atoms with van der Waals surface area (Å²) in [5, 5.41) is 13.0. The number of rotatable bonds is 4. The van der Waals surface area contributed by atoms with Crippen LogP contribution in [-0.4, -0.2) is 47.3 Å². The molecule has 1 aliphatic rings. The summed E-state index contributed by atoms with van der Waals surface area (Å²) in [6, 6.07) is -0.0269. The number of carbonyl (C=O) groups is 1. The Kier molecular flexibility index (Phi) is 4.76. The van der Waals surface area contributed by atoms with E-state index in [1.807, 2.05) is 6.92 Å². The van der Waals surface area contributed by atoms with Gasteiger partial charge < -0.3 is 15.3 Å². The fourth-order valence-corrected chi connectivity index (χ4v) is 3.13. The molecule has 0 aliphatic carbocycles. The number of aliphatic hydroxyl groups excluding tert-OH is 1. The molecule has 1 fully saturated rings. The second kappa shape index (κ2) is 6.34. The number of likely N-dealkylation sites (tertiary alicyclic amines) is 1. The molecule has 1 atom stereocenters. The van der Waals surface area contributed by atoms with Gasteiger partial charge in [-0.25, -0.2) is 9.78 Å². The van der Waals surface area contributed by atoms with Gasteiger partial charge in [0.1, 0.15) is 0 Å². The maximum atomic E-state index is 11.9. The topological polar surface area (TPSA) is 65.5 Å². The van der Waals surface area contributed by atoms with E-state index in [1.54, 1.807) is 16.2 Å². The van der Waals surface area contributed by atoms with Crippen LogP contribution in [0.1, 0.15) is 22.0 Å². The van der Waals surface area contributed by atoms with Gasteiger partial charge in [-0.2, -0.15) is 0 Å². The first-order valence-electron chi connectivity index (χ1n) is 6.66. The van der Waals surface area contributed by atoms with Crippen molar-refractivity contribution < 1.29 is 9.90 Å². The van der Waals surface area contributed by atoms with E-state index < -0.39 is 0 Å². The summed E-state index contributed by atoms with van der Waals surface area (Å²) in [6.45, 7) is 6.26. The molecule has 1 aliphatic heterocycles. The monoisotopic (exact) mass is 283 g/mol. The summed E-state index contributed by atoms with van der Waals surface area (Å²) in [6.07, 6.45) is 1.68. The molecule has 2 N–H and O–H groups in total. The number of urea groups is 1. The number of carbonyl (C=O) groups excluding carboxylic acids is 1. The Labute approximate surface area is 117 Å². The van der Waals surface area contributed by atoms with Gasteiger partial charge in [0, 0.05) is 43.5 Å². The van der Waals surface area contributed by atoms with Gasteiger partial charge >= 0.3 is 6.03 Å². The Balaban J connectivity index is 1.72. The first kappa shape index (κ1) is 14.3. The van der Waals surface area contributed by atoms with Crippen molar-refractivity contribution in [1.29, 1.82) is 0 Å². The third kappa shape index (κ3) is 3.67. The van der Waals surface area contributed by atoms with Crippen LogP contribution in [0.4, 0.5) is 4.79 Å². The standard InChI is InChI=1S/C13H21N3O2S/c1-9-10(2)19-12(15-9)3-5-14-13(18)16-6-4-11(7-16)8-17/h11,17H,3-8H2,1-2H3,(H,14,18). The fraction of sp³-hybridized carbons (Fsp3) is 0.692. The van der Waals surface area contributed by atoms with Gasteiger partial charge in [-0.05, 0) is 20.3 Å². The van der Waals surface area contributed by atoms with E-state index in [4.69, 9.17) is 5.11 Å².